The predicted molar refractivity (Wildman–Crippen MR) is 79.9 cm³/mol. The minimum Gasteiger partial charge on any atom is -0.335 e. The summed E-state index contributed by atoms with van der Waals surface area (Å²) in [4.78, 5) is 25.8. The van der Waals surface area contributed by atoms with Gasteiger partial charge in [-0.2, -0.15) is 0 Å². The first-order valence-corrected chi connectivity index (χ1v) is 8.24. The van der Waals surface area contributed by atoms with Gasteiger partial charge in [0.1, 0.15) is 0 Å². The van der Waals surface area contributed by atoms with Crippen LogP contribution in [-0.4, -0.2) is 54.1 Å². The average Bonchev–Trinajstić information content (AvgIpc) is 3.19. The Bertz CT molecular complexity index is 398. The molecule has 3 N–H and O–H groups in total. The summed E-state index contributed by atoms with van der Waals surface area (Å²) in [6, 6.07) is 1.63. The average molecular weight is 294 g/mol. The van der Waals surface area contributed by atoms with Crippen molar-refractivity contribution in [1.29, 1.82) is 0 Å². The molecule has 6 nitrogen and oxygen atoms in total. The molecule has 0 aromatic rings. The largest absolute Gasteiger partial charge is 0.335 e. The SMILES string of the molecule is CCN(CC(=O)NC(=O)NC1CC1)C1CC2CCC(C1)N2. The first-order valence-electron chi connectivity index (χ1n) is 8.24. The first kappa shape index (κ1) is 14.8. The highest BCUT2D eigenvalue weighted by atomic mass is 16.2. The number of carbonyl (C=O) groups is 2. The van der Waals surface area contributed by atoms with E-state index in [1.165, 1.54) is 12.8 Å². The maximum atomic E-state index is 12.0. The zero-order chi connectivity index (χ0) is 14.8. The van der Waals surface area contributed by atoms with Gasteiger partial charge in [-0.05, 0) is 45.1 Å². The summed E-state index contributed by atoms with van der Waals surface area (Å²) in [5.41, 5.74) is 0. The molecule has 2 unspecified atom stereocenters. The van der Waals surface area contributed by atoms with E-state index >= 15 is 0 Å². The maximum Gasteiger partial charge on any atom is 0.321 e. The van der Waals surface area contributed by atoms with E-state index in [0.29, 0.717) is 24.7 Å². The fourth-order valence-electron chi connectivity index (χ4n) is 3.62. The number of hydrogen-bond donors (Lipinski definition) is 3. The lowest BCUT2D eigenvalue weighted by Crippen LogP contribution is -2.52. The third-order valence-corrected chi connectivity index (χ3v) is 4.88. The molecular formula is C15H26N4O2. The number of fused-ring (bicyclic) bond motifs is 2. The van der Waals surface area contributed by atoms with Crippen LogP contribution in [0, 0.1) is 0 Å². The van der Waals surface area contributed by atoms with Gasteiger partial charge in [0, 0.05) is 24.2 Å². The molecule has 2 saturated heterocycles. The molecule has 0 spiro atoms. The van der Waals surface area contributed by atoms with Gasteiger partial charge in [0.15, 0.2) is 0 Å². The lowest BCUT2D eigenvalue weighted by Gasteiger charge is -2.36. The Morgan fingerprint density at radius 1 is 1.14 bits per heavy atom. The summed E-state index contributed by atoms with van der Waals surface area (Å²) in [6.45, 7) is 3.25. The van der Waals surface area contributed by atoms with Crippen LogP contribution in [0.3, 0.4) is 0 Å². The summed E-state index contributed by atoms with van der Waals surface area (Å²) in [5.74, 6) is -0.194. The summed E-state index contributed by atoms with van der Waals surface area (Å²) in [7, 11) is 0. The van der Waals surface area contributed by atoms with E-state index < -0.39 is 0 Å². The molecule has 3 amide bonds. The Kier molecular flexibility index (Phi) is 4.45. The highest BCUT2D eigenvalue weighted by Crippen LogP contribution is 2.29. The molecule has 6 heteroatoms. The van der Waals surface area contributed by atoms with Gasteiger partial charge >= 0.3 is 6.03 Å². The lowest BCUT2D eigenvalue weighted by atomic mass is 9.98. The molecule has 2 bridgehead atoms. The van der Waals surface area contributed by atoms with Crippen LogP contribution in [0.1, 0.15) is 45.4 Å². The van der Waals surface area contributed by atoms with Gasteiger partial charge in [-0.1, -0.05) is 6.92 Å². The molecule has 3 fully saturated rings. The number of carbonyl (C=O) groups excluding carboxylic acids is 2. The number of rotatable bonds is 5. The molecule has 0 radical (unpaired) electrons. The van der Waals surface area contributed by atoms with Crippen LogP contribution in [0.2, 0.25) is 0 Å². The Morgan fingerprint density at radius 3 is 2.38 bits per heavy atom. The van der Waals surface area contributed by atoms with E-state index in [4.69, 9.17) is 0 Å². The molecule has 0 aromatic heterocycles. The van der Waals surface area contributed by atoms with Gasteiger partial charge in [-0.25, -0.2) is 4.79 Å². The molecule has 21 heavy (non-hydrogen) atoms. The fraction of sp³-hybridized carbons (Fsp3) is 0.867. The second kappa shape index (κ2) is 6.32. The molecule has 1 saturated carbocycles. The molecule has 0 aromatic carbocycles. The van der Waals surface area contributed by atoms with Crippen molar-refractivity contribution < 1.29 is 9.59 Å². The van der Waals surface area contributed by atoms with Gasteiger partial charge in [0.25, 0.3) is 0 Å². The van der Waals surface area contributed by atoms with Crippen LogP contribution in [0.4, 0.5) is 4.79 Å². The maximum absolute atomic E-state index is 12.0. The van der Waals surface area contributed by atoms with Crippen LogP contribution >= 0.6 is 0 Å². The Hall–Kier alpha value is -1.14. The van der Waals surface area contributed by atoms with Crippen molar-refractivity contribution in [2.24, 2.45) is 0 Å². The smallest absolute Gasteiger partial charge is 0.321 e. The number of likely N-dealkylation sites (N-methyl/N-ethyl adjacent to an activating group) is 1. The van der Waals surface area contributed by atoms with Gasteiger partial charge in [0.2, 0.25) is 5.91 Å². The van der Waals surface area contributed by atoms with Crippen LogP contribution < -0.4 is 16.0 Å². The second-order valence-corrected chi connectivity index (χ2v) is 6.62. The summed E-state index contributed by atoms with van der Waals surface area (Å²) in [5, 5.41) is 8.85. The minimum absolute atomic E-state index is 0.194. The molecule has 3 aliphatic rings. The minimum atomic E-state index is -0.344. The van der Waals surface area contributed by atoms with Crippen molar-refractivity contribution in [3.63, 3.8) is 0 Å². The van der Waals surface area contributed by atoms with E-state index in [1.54, 1.807) is 0 Å². The topological polar surface area (TPSA) is 73.5 Å². The van der Waals surface area contributed by atoms with Crippen LogP contribution in [0.5, 0.6) is 0 Å². The van der Waals surface area contributed by atoms with Crippen LogP contribution in [0.15, 0.2) is 0 Å². The lowest BCUT2D eigenvalue weighted by molar-refractivity contribution is -0.121. The third-order valence-electron chi connectivity index (χ3n) is 4.88. The van der Waals surface area contributed by atoms with E-state index in [2.05, 4.69) is 27.8 Å². The Morgan fingerprint density at radius 2 is 1.81 bits per heavy atom. The van der Waals surface area contributed by atoms with Crippen LogP contribution in [0.25, 0.3) is 0 Å². The number of amides is 3. The fourth-order valence-corrected chi connectivity index (χ4v) is 3.62. The van der Waals surface area contributed by atoms with E-state index in [9.17, 15) is 9.59 Å². The summed E-state index contributed by atoms with van der Waals surface area (Å²) >= 11 is 0. The van der Waals surface area contributed by atoms with E-state index in [-0.39, 0.29) is 18.0 Å². The second-order valence-electron chi connectivity index (χ2n) is 6.62. The molecule has 2 aliphatic heterocycles. The Labute approximate surface area is 126 Å². The molecule has 3 rings (SSSR count). The molecule has 1 aliphatic carbocycles. The number of imide groups is 1. The van der Waals surface area contributed by atoms with Crippen molar-refractivity contribution >= 4 is 11.9 Å². The summed E-state index contributed by atoms with van der Waals surface area (Å²) in [6.07, 6.45) is 6.81. The van der Waals surface area contributed by atoms with Gasteiger partial charge in [-0.3, -0.25) is 15.0 Å². The number of hydrogen-bond acceptors (Lipinski definition) is 4. The Balaban J connectivity index is 1.46. The van der Waals surface area contributed by atoms with Crippen molar-refractivity contribution in [2.75, 3.05) is 13.1 Å². The molecule has 2 heterocycles. The molecule has 2 atom stereocenters. The quantitative estimate of drug-likeness (QED) is 0.693. The zero-order valence-corrected chi connectivity index (χ0v) is 12.7. The predicted octanol–water partition coefficient (Wildman–Crippen LogP) is 0.580. The number of piperidine rings is 1. The normalized spacial score (nSPS) is 31.2. The monoisotopic (exact) mass is 294 g/mol. The number of urea groups is 1. The van der Waals surface area contributed by atoms with Crippen molar-refractivity contribution in [1.82, 2.24) is 20.9 Å². The van der Waals surface area contributed by atoms with Crippen LogP contribution in [-0.2, 0) is 4.79 Å². The van der Waals surface area contributed by atoms with Crippen molar-refractivity contribution in [2.45, 2.75) is 69.6 Å². The summed E-state index contributed by atoms with van der Waals surface area (Å²) < 4.78 is 0. The zero-order valence-electron chi connectivity index (χ0n) is 12.7. The molecule has 118 valence electrons. The van der Waals surface area contributed by atoms with Gasteiger partial charge in [0.05, 0.1) is 6.54 Å². The number of nitrogens with one attached hydrogen (secondary N) is 3. The highest BCUT2D eigenvalue weighted by Gasteiger charge is 2.36. The van der Waals surface area contributed by atoms with Crippen molar-refractivity contribution in [3.8, 4) is 0 Å². The standard InChI is InChI=1S/C15H26N4O2/c1-2-19(13-7-11-5-6-12(8-13)16-11)9-14(20)18-15(21)17-10-3-4-10/h10-13,16H,2-9H2,1H3,(H2,17,18,20,21). The van der Waals surface area contributed by atoms with Crippen molar-refractivity contribution in [3.05, 3.63) is 0 Å². The highest BCUT2D eigenvalue weighted by molar-refractivity contribution is 5.95. The van der Waals surface area contributed by atoms with E-state index in [1.807, 2.05) is 0 Å². The van der Waals surface area contributed by atoms with E-state index in [0.717, 1.165) is 32.2 Å². The number of nitrogens with zero attached hydrogens (tertiary/aromatic N) is 1. The molecular weight excluding hydrogens is 268 g/mol. The third kappa shape index (κ3) is 3.95. The first-order chi connectivity index (χ1) is 10.1. The van der Waals surface area contributed by atoms with Gasteiger partial charge < -0.3 is 10.6 Å². The van der Waals surface area contributed by atoms with Gasteiger partial charge in [-0.15, -0.1) is 0 Å².